The molecule has 0 radical (unpaired) electrons. The lowest BCUT2D eigenvalue weighted by atomic mass is 9.95. The largest absolute Gasteiger partial charge is 0.319 e. The molecule has 1 nitrogen and oxygen atoms in total. The third-order valence-electron chi connectivity index (χ3n) is 2.36. The van der Waals surface area contributed by atoms with Crippen molar-refractivity contribution in [3.05, 3.63) is 35.9 Å². The van der Waals surface area contributed by atoms with E-state index < -0.39 is 0 Å². The van der Waals surface area contributed by atoms with E-state index in [1.54, 1.807) is 0 Å². The van der Waals surface area contributed by atoms with E-state index in [-0.39, 0.29) is 0 Å². The summed E-state index contributed by atoms with van der Waals surface area (Å²) in [5.74, 6) is 0.677. The topological polar surface area (TPSA) is 12.0 Å². The van der Waals surface area contributed by atoms with E-state index in [4.69, 9.17) is 0 Å². The van der Waals surface area contributed by atoms with Gasteiger partial charge in [0.15, 0.2) is 0 Å². The SMILES string of the molecule is CC.CC.CCCC(CNC)c1ccccc1. The second kappa shape index (κ2) is 15.2. The van der Waals surface area contributed by atoms with Crippen molar-refractivity contribution >= 4 is 0 Å². The van der Waals surface area contributed by atoms with Crippen LogP contribution in [0.3, 0.4) is 0 Å². The van der Waals surface area contributed by atoms with Crippen molar-refractivity contribution in [2.75, 3.05) is 13.6 Å². The van der Waals surface area contributed by atoms with Crippen LogP contribution in [0.15, 0.2) is 30.3 Å². The zero-order valence-electron chi connectivity index (χ0n) is 12.6. The summed E-state index contributed by atoms with van der Waals surface area (Å²) < 4.78 is 0. The van der Waals surface area contributed by atoms with Crippen molar-refractivity contribution in [1.82, 2.24) is 5.32 Å². The number of likely N-dealkylation sites (N-methyl/N-ethyl adjacent to an activating group) is 1. The maximum atomic E-state index is 3.25. The van der Waals surface area contributed by atoms with Gasteiger partial charge >= 0.3 is 0 Å². The van der Waals surface area contributed by atoms with Crippen molar-refractivity contribution in [2.24, 2.45) is 0 Å². The Hall–Kier alpha value is -0.820. The molecule has 0 aliphatic carbocycles. The molecule has 1 heteroatoms. The summed E-state index contributed by atoms with van der Waals surface area (Å²) in [5, 5.41) is 3.25. The Bertz CT molecular complexity index is 212. The Morgan fingerprint density at radius 1 is 1.00 bits per heavy atom. The summed E-state index contributed by atoms with van der Waals surface area (Å²) in [6.07, 6.45) is 2.52. The molecule has 1 rings (SSSR count). The van der Waals surface area contributed by atoms with Crippen molar-refractivity contribution in [1.29, 1.82) is 0 Å². The molecule has 100 valence electrons. The smallest absolute Gasteiger partial charge is 0.00171 e. The average Bonchev–Trinajstić information content (AvgIpc) is 2.44. The number of rotatable bonds is 5. The van der Waals surface area contributed by atoms with Crippen LogP contribution in [0.4, 0.5) is 0 Å². The fourth-order valence-corrected chi connectivity index (χ4v) is 1.71. The highest BCUT2D eigenvalue weighted by Gasteiger charge is 2.07. The van der Waals surface area contributed by atoms with E-state index >= 15 is 0 Å². The van der Waals surface area contributed by atoms with Gasteiger partial charge in [0, 0.05) is 6.54 Å². The minimum absolute atomic E-state index is 0.677. The van der Waals surface area contributed by atoms with Crippen molar-refractivity contribution in [3.8, 4) is 0 Å². The van der Waals surface area contributed by atoms with Gasteiger partial charge in [-0.25, -0.2) is 0 Å². The van der Waals surface area contributed by atoms with E-state index in [0.29, 0.717) is 5.92 Å². The molecule has 1 aromatic carbocycles. The second-order valence-electron chi connectivity index (χ2n) is 3.45. The molecule has 1 N–H and O–H groups in total. The number of hydrogen-bond acceptors (Lipinski definition) is 1. The van der Waals surface area contributed by atoms with Crippen LogP contribution in [-0.4, -0.2) is 13.6 Å². The Kier molecular flexibility index (Phi) is 16.6. The summed E-state index contributed by atoms with van der Waals surface area (Å²) in [6.45, 7) is 11.3. The Labute approximate surface area is 109 Å². The molecule has 1 aromatic rings. The highest BCUT2D eigenvalue weighted by Crippen LogP contribution is 2.19. The van der Waals surface area contributed by atoms with Gasteiger partial charge in [-0.15, -0.1) is 0 Å². The molecule has 0 fully saturated rings. The van der Waals surface area contributed by atoms with Crippen LogP contribution in [0, 0.1) is 0 Å². The van der Waals surface area contributed by atoms with Crippen LogP contribution in [0.25, 0.3) is 0 Å². The number of hydrogen-bond donors (Lipinski definition) is 1. The van der Waals surface area contributed by atoms with Gasteiger partial charge in [0.1, 0.15) is 0 Å². The quantitative estimate of drug-likeness (QED) is 0.772. The maximum absolute atomic E-state index is 3.25. The van der Waals surface area contributed by atoms with E-state index in [0.717, 1.165) is 6.54 Å². The molecule has 0 heterocycles. The van der Waals surface area contributed by atoms with Gasteiger partial charge < -0.3 is 5.32 Å². The van der Waals surface area contributed by atoms with E-state index in [1.165, 1.54) is 18.4 Å². The van der Waals surface area contributed by atoms with Gasteiger partial charge in [0.25, 0.3) is 0 Å². The van der Waals surface area contributed by atoms with Gasteiger partial charge in [0.2, 0.25) is 0 Å². The summed E-state index contributed by atoms with van der Waals surface area (Å²) >= 11 is 0. The third-order valence-corrected chi connectivity index (χ3v) is 2.36. The fourth-order valence-electron chi connectivity index (χ4n) is 1.71. The second-order valence-corrected chi connectivity index (χ2v) is 3.45. The minimum Gasteiger partial charge on any atom is -0.319 e. The summed E-state index contributed by atoms with van der Waals surface area (Å²) in [5.41, 5.74) is 1.46. The first-order valence-corrected chi connectivity index (χ1v) is 7.08. The molecular formula is C16H31N. The van der Waals surface area contributed by atoms with Crippen LogP contribution in [0.1, 0.15) is 58.9 Å². The molecule has 0 aromatic heterocycles. The van der Waals surface area contributed by atoms with E-state index in [1.807, 2.05) is 34.7 Å². The molecule has 0 saturated carbocycles. The highest BCUT2D eigenvalue weighted by atomic mass is 14.8. The van der Waals surface area contributed by atoms with Crippen molar-refractivity contribution < 1.29 is 0 Å². The molecule has 0 spiro atoms. The summed E-state index contributed by atoms with van der Waals surface area (Å²) in [7, 11) is 2.02. The minimum atomic E-state index is 0.677. The third kappa shape index (κ3) is 8.93. The zero-order valence-corrected chi connectivity index (χ0v) is 12.6. The lowest BCUT2D eigenvalue weighted by Gasteiger charge is -2.15. The Balaban J connectivity index is 0. The van der Waals surface area contributed by atoms with Gasteiger partial charge in [0.05, 0.1) is 0 Å². The first-order chi connectivity index (χ1) is 8.38. The molecule has 1 unspecified atom stereocenters. The van der Waals surface area contributed by atoms with Gasteiger partial charge in [-0.05, 0) is 24.9 Å². The zero-order chi connectivity index (χ0) is 13.5. The van der Waals surface area contributed by atoms with Gasteiger partial charge in [-0.3, -0.25) is 0 Å². The summed E-state index contributed by atoms with van der Waals surface area (Å²) in [4.78, 5) is 0. The van der Waals surface area contributed by atoms with Crippen LogP contribution >= 0.6 is 0 Å². The molecular weight excluding hydrogens is 206 g/mol. The Morgan fingerprint density at radius 2 is 1.53 bits per heavy atom. The number of benzene rings is 1. The lowest BCUT2D eigenvalue weighted by Crippen LogP contribution is -2.16. The summed E-state index contributed by atoms with van der Waals surface area (Å²) in [6, 6.07) is 10.8. The van der Waals surface area contributed by atoms with E-state index in [9.17, 15) is 0 Å². The molecule has 1 atom stereocenters. The molecule has 0 amide bonds. The molecule has 0 bridgehead atoms. The van der Waals surface area contributed by atoms with Crippen LogP contribution in [0.2, 0.25) is 0 Å². The van der Waals surface area contributed by atoms with Crippen molar-refractivity contribution in [2.45, 2.75) is 53.4 Å². The number of nitrogens with one attached hydrogen (secondary N) is 1. The van der Waals surface area contributed by atoms with Gasteiger partial charge in [-0.2, -0.15) is 0 Å². The highest BCUT2D eigenvalue weighted by molar-refractivity contribution is 5.19. The lowest BCUT2D eigenvalue weighted by molar-refractivity contribution is 0.576. The van der Waals surface area contributed by atoms with Gasteiger partial charge in [-0.1, -0.05) is 71.4 Å². The van der Waals surface area contributed by atoms with Crippen molar-refractivity contribution in [3.63, 3.8) is 0 Å². The fraction of sp³-hybridized carbons (Fsp3) is 0.625. The van der Waals surface area contributed by atoms with Crippen LogP contribution < -0.4 is 5.32 Å². The predicted octanol–water partition coefficient (Wildman–Crippen LogP) is 4.84. The van der Waals surface area contributed by atoms with Crippen LogP contribution in [0.5, 0.6) is 0 Å². The average molecular weight is 237 g/mol. The molecule has 0 saturated heterocycles. The Morgan fingerprint density at radius 3 is 1.94 bits per heavy atom. The normalized spacial score (nSPS) is 10.5. The molecule has 0 aliphatic rings. The first-order valence-electron chi connectivity index (χ1n) is 7.08. The molecule has 17 heavy (non-hydrogen) atoms. The first kappa shape index (κ1) is 18.5. The maximum Gasteiger partial charge on any atom is 0.00171 e. The predicted molar refractivity (Wildman–Crippen MR) is 80.7 cm³/mol. The van der Waals surface area contributed by atoms with E-state index in [2.05, 4.69) is 42.6 Å². The van der Waals surface area contributed by atoms with Crippen LogP contribution in [-0.2, 0) is 0 Å². The standard InChI is InChI=1S/C12H19N.2C2H6/c1-3-7-12(10-13-2)11-8-5-4-6-9-11;2*1-2/h4-6,8-9,12-13H,3,7,10H2,1-2H3;2*1-2H3. The molecule has 0 aliphatic heterocycles. The monoisotopic (exact) mass is 237 g/mol.